The number of ether oxygens (including phenoxy) is 2. The first kappa shape index (κ1) is 13.2. The van der Waals surface area contributed by atoms with Crippen LogP contribution in [0.15, 0.2) is 42.2 Å². The van der Waals surface area contributed by atoms with Crippen molar-refractivity contribution in [2.75, 3.05) is 7.11 Å². The molecule has 1 N–H and O–H groups in total. The van der Waals surface area contributed by atoms with E-state index in [1.54, 1.807) is 19.3 Å². The minimum atomic E-state index is -0.182. The molecule has 0 atom stereocenters. The molecule has 0 amide bonds. The molecule has 1 aliphatic rings. The van der Waals surface area contributed by atoms with E-state index in [2.05, 4.69) is 0 Å². The Morgan fingerprint density at radius 1 is 1.19 bits per heavy atom. The third kappa shape index (κ3) is 2.36. The van der Waals surface area contributed by atoms with Crippen molar-refractivity contribution in [1.82, 2.24) is 0 Å². The highest BCUT2D eigenvalue weighted by Crippen LogP contribution is 2.34. The molecule has 0 spiro atoms. The third-order valence-electron chi connectivity index (χ3n) is 3.37. The van der Waals surface area contributed by atoms with E-state index < -0.39 is 0 Å². The van der Waals surface area contributed by atoms with E-state index >= 15 is 0 Å². The van der Waals surface area contributed by atoms with Gasteiger partial charge in [-0.05, 0) is 48.4 Å². The second-order valence-corrected chi connectivity index (χ2v) is 4.85. The van der Waals surface area contributed by atoms with Crippen LogP contribution in [0.4, 0.5) is 0 Å². The van der Waals surface area contributed by atoms with Gasteiger partial charge in [0.1, 0.15) is 17.2 Å². The van der Waals surface area contributed by atoms with Gasteiger partial charge < -0.3 is 14.6 Å². The van der Waals surface area contributed by atoms with Gasteiger partial charge in [-0.15, -0.1) is 0 Å². The normalized spacial score (nSPS) is 15.0. The molecule has 2 aromatic rings. The number of rotatable bonds is 2. The fourth-order valence-corrected chi connectivity index (χ4v) is 2.32. The van der Waals surface area contributed by atoms with Crippen molar-refractivity contribution < 1.29 is 19.4 Å². The van der Waals surface area contributed by atoms with E-state index in [0.717, 1.165) is 16.9 Å². The van der Waals surface area contributed by atoms with Crippen LogP contribution in [0, 0.1) is 6.92 Å². The number of benzene rings is 2. The summed E-state index contributed by atoms with van der Waals surface area (Å²) in [6.07, 6.45) is 1.69. The molecule has 4 heteroatoms. The molecule has 0 unspecified atom stereocenters. The Morgan fingerprint density at radius 3 is 2.71 bits per heavy atom. The van der Waals surface area contributed by atoms with Crippen molar-refractivity contribution in [3.05, 3.63) is 58.8 Å². The maximum Gasteiger partial charge on any atom is 0.231 e. The van der Waals surface area contributed by atoms with Gasteiger partial charge in [-0.25, -0.2) is 0 Å². The molecule has 0 radical (unpaired) electrons. The first-order valence-electron chi connectivity index (χ1n) is 6.50. The van der Waals surface area contributed by atoms with Gasteiger partial charge in [0.2, 0.25) is 5.78 Å². The Balaban J connectivity index is 1.95. The Bertz CT molecular complexity index is 759. The lowest BCUT2D eigenvalue weighted by Gasteiger charge is -2.05. The summed E-state index contributed by atoms with van der Waals surface area (Å²) in [6.45, 7) is 1.94. The maximum absolute atomic E-state index is 12.2. The largest absolute Gasteiger partial charge is 0.508 e. The van der Waals surface area contributed by atoms with Crippen LogP contribution in [0.1, 0.15) is 21.5 Å². The Labute approximate surface area is 122 Å². The second-order valence-electron chi connectivity index (χ2n) is 4.85. The second kappa shape index (κ2) is 4.98. The van der Waals surface area contributed by atoms with E-state index in [9.17, 15) is 9.90 Å². The molecular weight excluding hydrogens is 268 g/mol. The summed E-state index contributed by atoms with van der Waals surface area (Å²) in [5.74, 6) is 1.32. The van der Waals surface area contributed by atoms with Crippen LogP contribution in [0.3, 0.4) is 0 Å². The van der Waals surface area contributed by atoms with Gasteiger partial charge in [-0.1, -0.05) is 6.07 Å². The number of phenolic OH excluding ortho intramolecular Hbond substituents is 1. The highest BCUT2D eigenvalue weighted by atomic mass is 16.5. The highest BCUT2D eigenvalue weighted by Gasteiger charge is 2.27. The van der Waals surface area contributed by atoms with E-state index in [4.69, 9.17) is 9.47 Å². The molecule has 1 aliphatic heterocycles. The number of fused-ring (bicyclic) bond motifs is 1. The molecule has 0 bridgehead atoms. The topological polar surface area (TPSA) is 55.8 Å². The molecule has 1 heterocycles. The number of methoxy groups -OCH3 is 1. The fraction of sp³-hybridized carbons (Fsp3) is 0.118. The van der Waals surface area contributed by atoms with Crippen LogP contribution in [0.5, 0.6) is 17.2 Å². The fourth-order valence-electron chi connectivity index (χ4n) is 2.32. The average molecular weight is 282 g/mol. The number of carbonyl (C=O) groups excluding carboxylic acids is 1. The number of hydrogen-bond acceptors (Lipinski definition) is 4. The molecular formula is C17H14O4. The van der Waals surface area contributed by atoms with Gasteiger partial charge in [-0.2, -0.15) is 0 Å². The summed E-state index contributed by atoms with van der Waals surface area (Å²) >= 11 is 0. The van der Waals surface area contributed by atoms with Crippen molar-refractivity contribution in [2.45, 2.75) is 6.92 Å². The highest BCUT2D eigenvalue weighted by molar-refractivity contribution is 6.14. The number of aromatic hydroxyl groups is 1. The molecule has 4 nitrogen and oxygen atoms in total. The van der Waals surface area contributed by atoms with Gasteiger partial charge >= 0.3 is 0 Å². The quantitative estimate of drug-likeness (QED) is 0.858. The van der Waals surface area contributed by atoms with Gasteiger partial charge in [0.15, 0.2) is 5.76 Å². The summed E-state index contributed by atoms with van der Waals surface area (Å²) < 4.78 is 10.7. The standard InChI is InChI=1S/C17H14O4/c1-10-7-11(3-6-14(10)20-2)8-16-17(19)13-5-4-12(18)9-15(13)21-16/h3-9,18H,1-2H3/b16-8-. The van der Waals surface area contributed by atoms with E-state index in [1.165, 1.54) is 12.1 Å². The molecule has 2 aromatic carbocycles. The average Bonchev–Trinajstić information content (AvgIpc) is 2.75. The zero-order valence-corrected chi connectivity index (χ0v) is 11.7. The molecule has 0 aromatic heterocycles. The zero-order chi connectivity index (χ0) is 15.0. The number of carbonyl (C=O) groups is 1. The van der Waals surface area contributed by atoms with Gasteiger partial charge in [-0.3, -0.25) is 4.79 Å². The molecule has 0 saturated carbocycles. The predicted octanol–water partition coefficient (Wildman–Crippen LogP) is 3.33. The first-order chi connectivity index (χ1) is 10.1. The molecule has 106 valence electrons. The molecule has 0 saturated heterocycles. The smallest absolute Gasteiger partial charge is 0.231 e. The van der Waals surface area contributed by atoms with Crippen LogP contribution >= 0.6 is 0 Å². The number of hydrogen-bond donors (Lipinski definition) is 1. The van der Waals surface area contributed by atoms with Crippen molar-refractivity contribution in [2.24, 2.45) is 0 Å². The summed E-state index contributed by atoms with van der Waals surface area (Å²) in [7, 11) is 1.62. The van der Waals surface area contributed by atoms with Gasteiger partial charge in [0, 0.05) is 6.07 Å². The lowest BCUT2D eigenvalue weighted by molar-refractivity contribution is 0.101. The van der Waals surface area contributed by atoms with E-state index in [0.29, 0.717) is 11.3 Å². The van der Waals surface area contributed by atoms with Crippen molar-refractivity contribution in [3.63, 3.8) is 0 Å². The molecule has 3 rings (SSSR count). The van der Waals surface area contributed by atoms with Gasteiger partial charge in [0.25, 0.3) is 0 Å². The lowest BCUT2D eigenvalue weighted by Crippen LogP contribution is -1.98. The summed E-state index contributed by atoms with van der Waals surface area (Å²) in [6, 6.07) is 10.1. The molecule has 0 aliphatic carbocycles. The van der Waals surface area contributed by atoms with Crippen LogP contribution in [-0.2, 0) is 0 Å². The Morgan fingerprint density at radius 2 is 2.00 bits per heavy atom. The summed E-state index contributed by atoms with van der Waals surface area (Å²) in [5, 5.41) is 9.43. The number of ketones is 1. The first-order valence-corrected chi connectivity index (χ1v) is 6.50. The summed E-state index contributed by atoms with van der Waals surface area (Å²) in [5.41, 5.74) is 2.30. The van der Waals surface area contributed by atoms with E-state index in [-0.39, 0.29) is 17.3 Å². The Hall–Kier alpha value is -2.75. The Kier molecular flexibility index (Phi) is 3.14. The lowest BCUT2D eigenvalue weighted by atomic mass is 10.1. The minimum Gasteiger partial charge on any atom is -0.508 e. The van der Waals surface area contributed by atoms with Crippen molar-refractivity contribution in [1.29, 1.82) is 0 Å². The van der Waals surface area contributed by atoms with Crippen LogP contribution in [0.25, 0.3) is 6.08 Å². The maximum atomic E-state index is 12.2. The number of phenols is 1. The van der Waals surface area contributed by atoms with Gasteiger partial charge in [0.05, 0.1) is 12.7 Å². The summed E-state index contributed by atoms with van der Waals surface area (Å²) in [4.78, 5) is 12.2. The van der Waals surface area contributed by atoms with E-state index in [1.807, 2.05) is 25.1 Å². The monoisotopic (exact) mass is 282 g/mol. The van der Waals surface area contributed by atoms with Crippen LogP contribution in [-0.4, -0.2) is 18.0 Å². The predicted molar refractivity (Wildman–Crippen MR) is 78.8 cm³/mol. The minimum absolute atomic E-state index is 0.0723. The zero-order valence-electron chi connectivity index (χ0n) is 11.7. The molecule has 0 fully saturated rings. The number of Topliss-reactive ketones (excluding diaryl/α,β-unsaturated/α-hetero) is 1. The molecule has 21 heavy (non-hydrogen) atoms. The third-order valence-corrected chi connectivity index (χ3v) is 3.37. The SMILES string of the molecule is COc1ccc(/C=C2\Oc3cc(O)ccc3C2=O)cc1C. The van der Waals surface area contributed by atoms with Crippen molar-refractivity contribution in [3.8, 4) is 17.2 Å². The number of aryl methyl sites for hydroxylation is 1. The number of allylic oxidation sites excluding steroid dienone is 1. The van der Waals surface area contributed by atoms with Crippen LogP contribution in [0.2, 0.25) is 0 Å². The van der Waals surface area contributed by atoms with Crippen LogP contribution < -0.4 is 9.47 Å². The van der Waals surface area contributed by atoms with Crippen molar-refractivity contribution >= 4 is 11.9 Å².